The van der Waals surface area contributed by atoms with Crippen LogP contribution in [0.25, 0.3) is 0 Å². The molecule has 18 heavy (non-hydrogen) atoms. The molecular formula is C13H20N2O2S. The van der Waals surface area contributed by atoms with Crippen LogP contribution in [0.1, 0.15) is 48.7 Å². The molecule has 0 aliphatic carbocycles. The van der Waals surface area contributed by atoms with E-state index in [2.05, 4.69) is 22.3 Å². The molecule has 0 amide bonds. The summed E-state index contributed by atoms with van der Waals surface area (Å²) in [6.45, 7) is 4.17. The molecule has 0 saturated carbocycles. The molecule has 1 aliphatic rings. The van der Waals surface area contributed by atoms with Crippen LogP contribution in [0.4, 0.5) is 0 Å². The molecule has 4 nitrogen and oxygen atoms in total. The number of thiazole rings is 1. The highest BCUT2D eigenvalue weighted by molar-refractivity contribution is 7.09. The van der Waals surface area contributed by atoms with Gasteiger partial charge in [-0.1, -0.05) is 6.92 Å². The van der Waals surface area contributed by atoms with Gasteiger partial charge in [-0.3, -0.25) is 4.79 Å². The SMILES string of the molecule is CC(CC(=O)O)c1nc(C2CCCN(C)C2)cs1. The van der Waals surface area contributed by atoms with Crippen LogP contribution < -0.4 is 0 Å². The van der Waals surface area contributed by atoms with Crippen molar-refractivity contribution in [3.8, 4) is 0 Å². The first-order valence-corrected chi connectivity index (χ1v) is 7.30. The highest BCUT2D eigenvalue weighted by atomic mass is 32.1. The van der Waals surface area contributed by atoms with Gasteiger partial charge < -0.3 is 10.0 Å². The summed E-state index contributed by atoms with van der Waals surface area (Å²) in [6.07, 6.45) is 2.58. The molecule has 1 fully saturated rings. The van der Waals surface area contributed by atoms with E-state index in [-0.39, 0.29) is 12.3 Å². The Morgan fingerprint density at radius 2 is 2.50 bits per heavy atom. The Kier molecular flexibility index (Phi) is 4.35. The van der Waals surface area contributed by atoms with Crippen molar-refractivity contribution < 1.29 is 9.90 Å². The fourth-order valence-corrected chi connectivity index (χ4v) is 3.43. The zero-order valence-corrected chi connectivity index (χ0v) is 11.7. The fraction of sp³-hybridized carbons (Fsp3) is 0.692. The second-order valence-corrected chi connectivity index (χ2v) is 6.10. The summed E-state index contributed by atoms with van der Waals surface area (Å²) in [6, 6.07) is 0. The van der Waals surface area contributed by atoms with Crippen LogP contribution in [0.3, 0.4) is 0 Å². The van der Waals surface area contributed by atoms with E-state index >= 15 is 0 Å². The van der Waals surface area contributed by atoms with Gasteiger partial charge in [0.15, 0.2) is 0 Å². The van der Waals surface area contributed by atoms with Crippen LogP contribution >= 0.6 is 11.3 Å². The second-order valence-electron chi connectivity index (χ2n) is 5.21. The highest BCUT2D eigenvalue weighted by Gasteiger charge is 2.22. The maximum Gasteiger partial charge on any atom is 0.304 e. The Morgan fingerprint density at radius 3 is 3.17 bits per heavy atom. The zero-order chi connectivity index (χ0) is 13.1. The third-order valence-electron chi connectivity index (χ3n) is 3.48. The van der Waals surface area contributed by atoms with Crippen molar-refractivity contribution in [2.75, 3.05) is 20.1 Å². The van der Waals surface area contributed by atoms with Crippen molar-refractivity contribution in [2.45, 2.75) is 38.0 Å². The molecule has 0 radical (unpaired) electrons. The van der Waals surface area contributed by atoms with Crippen molar-refractivity contribution in [3.05, 3.63) is 16.1 Å². The van der Waals surface area contributed by atoms with Crippen molar-refractivity contribution in [3.63, 3.8) is 0 Å². The van der Waals surface area contributed by atoms with Gasteiger partial charge in [-0.25, -0.2) is 4.98 Å². The largest absolute Gasteiger partial charge is 0.481 e. The number of carboxylic acid groups (broad SMARTS) is 1. The number of hydrogen-bond donors (Lipinski definition) is 1. The van der Waals surface area contributed by atoms with Crippen molar-refractivity contribution in [1.29, 1.82) is 0 Å². The summed E-state index contributed by atoms with van der Waals surface area (Å²) >= 11 is 1.60. The van der Waals surface area contributed by atoms with Gasteiger partial charge in [0.25, 0.3) is 0 Å². The topological polar surface area (TPSA) is 53.4 Å². The number of carbonyl (C=O) groups is 1. The Bertz CT molecular complexity index is 419. The summed E-state index contributed by atoms with van der Waals surface area (Å²) in [7, 11) is 2.15. The molecule has 1 saturated heterocycles. The molecular weight excluding hydrogens is 248 g/mol. The second kappa shape index (κ2) is 5.80. The lowest BCUT2D eigenvalue weighted by atomic mass is 9.96. The molecule has 1 aliphatic heterocycles. The smallest absolute Gasteiger partial charge is 0.304 e. The van der Waals surface area contributed by atoms with Crippen LogP contribution in [0.5, 0.6) is 0 Å². The van der Waals surface area contributed by atoms with Crippen molar-refractivity contribution in [1.82, 2.24) is 9.88 Å². The monoisotopic (exact) mass is 268 g/mol. The molecule has 0 bridgehead atoms. The van der Waals surface area contributed by atoms with E-state index in [1.54, 1.807) is 11.3 Å². The van der Waals surface area contributed by atoms with Gasteiger partial charge >= 0.3 is 5.97 Å². The van der Waals surface area contributed by atoms with E-state index < -0.39 is 5.97 Å². The first-order valence-electron chi connectivity index (χ1n) is 6.42. The average molecular weight is 268 g/mol. The van der Waals surface area contributed by atoms with E-state index in [1.165, 1.54) is 19.4 Å². The molecule has 100 valence electrons. The van der Waals surface area contributed by atoms with Gasteiger partial charge in [-0.2, -0.15) is 0 Å². The molecule has 1 N–H and O–H groups in total. The van der Waals surface area contributed by atoms with Crippen molar-refractivity contribution in [2.24, 2.45) is 0 Å². The van der Waals surface area contributed by atoms with Gasteiger partial charge in [0.1, 0.15) is 0 Å². The fourth-order valence-electron chi connectivity index (χ4n) is 2.47. The van der Waals surface area contributed by atoms with E-state index in [1.807, 2.05) is 6.92 Å². The first kappa shape index (κ1) is 13.5. The normalized spacial score (nSPS) is 22.9. The molecule has 0 aromatic carbocycles. The summed E-state index contributed by atoms with van der Waals surface area (Å²) in [5.74, 6) is -0.218. The Balaban J connectivity index is 2.03. The predicted molar refractivity (Wildman–Crippen MR) is 72.3 cm³/mol. The lowest BCUT2D eigenvalue weighted by molar-refractivity contribution is -0.137. The molecule has 0 spiro atoms. The lowest BCUT2D eigenvalue weighted by Crippen LogP contribution is -2.30. The van der Waals surface area contributed by atoms with Crippen molar-refractivity contribution >= 4 is 17.3 Å². The molecule has 2 atom stereocenters. The zero-order valence-electron chi connectivity index (χ0n) is 10.9. The average Bonchev–Trinajstić information content (AvgIpc) is 2.77. The van der Waals surface area contributed by atoms with Gasteiger partial charge in [-0.05, 0) is 26.4 Å². The van der Waals surface area contributed by atoms with Gasteiger partial charge in [0.05, 0.1) is 17.1 Å². The first-order chi connectivity index (χ1) is 8.56. The summed E-state index contributed by atoms with van der Waals surface area (Å²) in [5.41, 5.74) is 1.15. The number of likely N-dealkylation sites (N-methyl/N-ethyl adjacent to an activating group) is 1. The maximum atomic E-state index is 10.7. The standard InChI is InChI=1S/C13H20N2O2S/c1-9(6-12(16)17)13-14-11(8-18-13)10-4-3-5-15(2)7-10/h8-10H,3-7H2,1-2H3,(H,16,17). The molecule has 5 heteroatoms. The van der Waals surface area contributed by atoms with Crippen LogP contribution in [0.2, 0.25) is 0 Å². The Labute approximate surface area is 112 Å². The van der Waals surface area contributed by atoms with Gasteiger partial charge in [0.2, 0.25) is 0 Å². The third-order valence-corrected chi connectivity index (χ3v) is 4.58. The van der Waals surface area contributed by atoms with E-state index in [4.69, 9.17) is 5.11 Å². The maximum absolute atomic E-state index is 10.7. The molecule has 1 aromatic heterocycles. The number of rotatable bonds is 4. The summed E-state index contributed by atoms with van der Waals surface area (Å²) < 4.78 is 0. The lowest BCUT2D eigenvalue weighted by Gasteiger charge is -2.28. The highest BCUT2D eigenvalue weighted by Crippen LogP contribution is 2.30. The third kappa shape index (κ3) is 3.29. The van der Waals surface area contributed by atoms with Crippen LogP contribution in [-0.4, -0.2) is 41.1 Å². The van der Waals surface area contributed by atoms with Gasteiger partial charge in [0, 0.05) is 23.8 Å². The Morgan fingerprint density at radius 1 is 1.72 bits per heavy atom. The number of piperidine rings is 1. The van der Waals surface area contributed by atoms with Crippen LogP contribution in [0, 0.1) is 0 Å². The molecule has 2 heterocycles. The quantitative estimate of drug-likeness (QED) is 0.911. The minimum Gasteiger partial charge on any atom is -0.481 e. The van der Waals surface area contributed by atoms with E-state index in [9.17, 15) is 4.79 Å². The summed E-state index contributed by atoms with van der Waals surface area (Å²) in [4.78, 5) is 17.7. The van der Waals surface area contributed by atoms with E-state index in [0.717, 1.165) is 17.2 Å². The predicted octanol–water partition coefficient (Wildman–Crippen LogP) is 2.53. The van der Waals surface area contributed by atoms with Crippen LogP contribution in [-0.2, 0) is 4.79 Å². The van der Waals surface area contributed by atoms with Crippen LogP contribution in [0.15, 0.2) is 5.38 Å². The number of carboxylic acids is 1. The molecule has 1 aromatic rings. The number of aliphatic carboxylic acids is 1. The number of hydrogen-bond acceptors (Lipinski definition) is 4. The minimum atomic E-state index is -0.753. The van der Waals surface area contributed by atoms with E-state index in [0.29, 0.717) is 5.92 Å². The van der Waals surface area contributed by atoms with Gasteiger partial charge in [-0.15, -0.1) is 11.3 Å². The molecule has 2 rings (SSSR count). The summed E-state index contributed by atoms with van der Waals surface area (Å²) in [5, 5.41) is 11.9. The number of nitrogens with zero attached hydrogens (tertiary/aromatic N) is 2. The number of aromatic nitrogens is 1. The number of likely N-dealkylation sites (tertiary alicyclic amines) is 1. The molecule has 2 unspecified atom stereocenters. The Hall–Kier alpha value is -0.940. The minimum absolute atomic E-state index is 0.0163.